The first-order valence-corrected chi connectivity index (χ1v) is 7.92. The van der Waals surface area contributed by atoms with E-state index in [1.807, 2.05) is 19.1 Å². The van der Waals surface area contributed by atoms with Gasteiger partial charge in [0.05, 0.1) is 24.4 Å². The highest BCUT2D eigenvalue weighted by Gasteiger charge is 2.09. The number of benzene rings is 1. The van der Waals surface area contributed by atoms with Crippen molar-refractivity contribution in [3.8, 4) is 5.75 Å². The molecule has 1 aromatic heterocycles. The second kappa shape index (κ2) is 8.31. The molecule has 0 unspecified atom stereocenters. The molecule has 0 atom stereocenters. The molecule has 0 aliphatic rings. The largest absolute Gasteiger partial charge is 0.494 e. The molecule has 2 aromatic rings. The maximum absolute atomic E-state index is 10.6. The molecule has 0 saturated carbocycles. The average molecular weight is 317 g/mol. The van der Waals surface area contributed by atoms with Gasteiger partial charge in [-0.2, -0.15) is 0 Å². The predicted octanol–water partition coefficient (Wildman–Crippen LogP) is 2.64. The maximum Gasteiger partial charge on any atom is 0.303 e. The van der Waals surface area contributed by atoms with Crippen LogP contribution in [-0.4, -0.2) is 32.7 Å². The van der Waals surface area contributed by atoms with Crippen molar-refractivity contribution >= 4 is 5.97 Å². The Bertz CT molecular complexity index is 635. The number of aliphatic carboxylic acids is 1. The Morgan fingerprint density at radius 3 is 2.70 bits per heavy atom. The van der Waals surface area contributed by atoms with Crippen LogP contribution in [0.15, 0.2) is 24.3 Å². The smallest absolute Gasteiger partial charge is 0.303 e. The molecule has 0 saturated heterocycles. The third kappa shape index (κ3) is 5.09. The van der Waals surface area contributed by atoms with Crippen molar-refractivity contribution in [2.24, 2.45) is 0 Å². The first kappa shape index (κ1) is 17.0. The molecule has 1 heterocycles. The zero-order chi connectivity index (χ0) is 16.7. The standard InChI is InChI=1S/C17H23N3O3/c1-3-14-5-7-15(8-6-14)23-12-4-11-20-13(2)16(18-19-20)9-10-17(21)22/h5-8H,3-4,9-12H2,1-2H3,(H,21,22). The monoisotopic (exact) mass is 317 g/mol. The molecule has 6 nitrogen and oxygen atoms in total. The molecule has 0 radical (unpaired) electrons. The second-order valence-corrected chi connectivity index (χ2v) is 5.44. The normalized spacial score (nSPS) is 10.7. The molecular formula is C17H23N3O3. The zero-order valence-corrected chi connectivity index (χ0v) is 13.7. The Balaban J connectivity index is 1.76. The minimum Gasteiger partial charge on any atom is -0.494 e. The first-order valence-electron chi connectivity index (χ1n) is 7.92. The van der Waals surface area contributed by atoms with E-state index >= 15 is 0 Å². The number of rotatable bonds is 9. The van der Waals surface area contributed by atoms with Gasteiger partial charge in [0.25, 0.3) is 0 Å². The number of ether oxygens (including phenoxy) is 1. The van der Waals surface area contributed by atoms with Crippen molar-refractivity contribution in [3.63, 3.8) is 0 Å². The van der Waals surface area contributed by atoms with Gasteiger partial charge in [-0.15, -0.1) is 5.10 Å². The van der Waals surface area contributed by atoms with Crippen LogP contribution in [0.5, 0.6) is 5.75 Å². The van der Waals surface area contributed by atoms with Gasteiger partial charge in [-0.05, 0) is 31.0 Å². The average Bonchev–Trinajstić information content (AvgIpc) is 2.90. The van der Waals surface area contributed by atoms with Gasteiger partial charge < -0.3 is 9.84 Å². The Labute approximate surface area is 136 Å². The van der Waals surface area contributed by atoms with E-state index in [9.17, 15) is 4.79 Å². The summed E-state index contributed by atoms with van der Waals surface area (Å²) in [6.45, 7) is 5.36. The minimum absolute atomic E-state index is 0.0798. The summed E-state index contributed by atoms with van der Waals surface area (Å²) in [6.07, 6.45) is 2.34. The fourth-order valence-corrected chi connectivity index (χ4v) is 2.29. The fourth-order valence-electron chi connectivity index (χ4n) is 2.29. The van der Waals surface area contributed by atoms with Gasteiger partial charge in [-0.1, -0.05) is 24.3 Å². The van der Waals surface area contributed by atoms with Gasteiger partial charge >= 0.3 is 5.97 Å². The van der Waals surface area contributed by atoms with Gasteiger partial charge in [0.2, 0.25) is 0 Å². The third-order valence-electron chi connectivity index (χ3n) is 3.77. The van der Waals surface area contributed by atoms with E-state index in [-0.39, 0.29) is 6.42 Å². The van der Waals surface area contributed by atoms with Crippen LogP contribution in [0.2, 0.25) is 0 Å². The van der Waals surface area contributed by atoms with Crippen LogP contribution >= 0.6 is 0 Å². The molecule has 0 spiro atoms. The lowest BCUT2D eigenvalue weighted by Gasteiger charge is -2.07. The number of aromatic nitrogens is 3. The highest BCUT2D eigenvalue weighted by molar-refractivity contribution is 5.67. The summed E-state index contributed by atoms with van der Waals surface area (Å²) in [5.74, 6) is 0.0566. The molecule has 6 heteroatoms. The first-order chi connectivity index (χ1) is 11.1. The molecule has 1 aromatic carbocycles. The summed E-state index contributed by atoms with van der Waals surface area (Å²) >= 11 is 0. The molecule has 2 rings (SSSR count). The van der Waals surface area contributed by atoms with Crippen molar-refractivity contribution in [1.82, 2.24) is 15.0 Å². The van der Waals surface area contributed by atoms with Gasteiger partial charge in [0.15, 0.2) is 0 Å². The second-order valence-electron chi connectivity index (χ2n) is 5.44. The van der Waals surface area contributed by atoms with Gasteiger partial charge in [0, 0.05) is 19.4 Å². The number of aryl methyl sites for hydroxylation is 3. The SMILES string of the molecule is CCc1ccc(OCCCn2nnc(CCC(=O)O)c2C)cc1. The van der Waals surface area contributed by atoms with Crippen LogP contribution < -0.4 is 4.74 Å². The van der Waals surface area contributed by atoms with Crippen molar-refractivity contribution in [2.75, 3.05) is 6.61 Å². The summed E-state index contributed by atoms with van der Waals surface area (Å²) in [5, 5.41) is 16.8. The molecule has 0 aliphatic carbocycles. The lowest BCUT2D eigenvalue weighted by molar-refractivity contribution is -0.136. The molecule has 0 amide bonds. The van der Waals surface area contributed by atoms with Crippen LogP contribution in [0.4, 0.5) is 0 Å². The topological polar surface area (TPSA) is 77.2 Å². The summed E-state index contributed by atoms with van der Waals surface area (Å²) < 4.78 is 7.52. The van der Waals surface area contributed by atoms with Gasteiger partial charge in [-0.25, -0.2) is 4.68 Å². The van der Waals surface area contributed by atoms with Crippen molar-refractivity contribution in [2.45, 2.75) is 46.1 Å². The number of hydrogen-bond acceptors (Lipinski definition) is 4. The van der Waals surface area contributed by atoms with Crippen molar-refractivity contribution in [3.05, 3.63) is 41.2 Å². The molecule has 124 valence electrons. The number of hydrogen-bond donors (Lipinski definition) is 1. The van der Waals surface area contributed by atoms with E-state index < -0.39 is 5.97 Å². The summed E-state index contributed by atoms with van der Waals surface area (Å²) in [6, 6.07) is 8.13. The van der Waals surface area contributed by atoms with Crippen LogP contribution in [0.25, 0.3) is 0 Å². The highest BCUT2D eigenvalue weighted by Crippen LogP contribution is 2.13. The van der Waals surface area contributed by atoms with Crippen LogP contribution in [0.3, 0.4) is 0 Å². The quantitative estimate of drug-likeness (QED) is 0.719. The Morgan fingerprint density at radius 1 is 1.30 bits per heavy atom. The lowest BCUT2D eigenvalue weighted by atomic mass is 10.2. The van der Waals surface area contributed by atoms with Crippen LogP contribution in [0.1, 0.15) is 36.7 Å². The molecular weight excluding hydrogens is 294 g/mol. The number of nitrogens with zero attached hydrogens (tertiary/aromatic N) is 3. The third-order valence-corrected chi connectivity index (χ3v) is 3.77. The lowest BCUT2D eigenvalue weighted by Crippen LogP contribution is -2.08. The van der Waals surface area contributed by atoms with Crippen LogP contribution in [-0.2, 0) is 24.2 Å². The summed E-state index contributed by atoms with van der Waals surface area (Å²) in [4.78, 5) is 10.6. The fraction of sp³-hybridized carbons (Fsp3) is 0.471. The molecule has 0 fully saturated rings. The van der Waals surface area contributed by atoms with E-state index in [0.717, 1.165) is 30.0 Å². The Kier molecular flexibility index (Phi) is 6.14. The van der Waals surface area contributed by atoms with E-state index in [1.165, 1.54) is 5.56 Å². The Hall–Kier alpha value is -2.37. The van der Waals surface area contributed by atoms with E-state index in [4.69, 9.17) is 9.84 Å². The summed E-state index contributed by atoms with van der Waals surface area (Å²) in [7, 11) is 0. The number of carbonyl (C=O) groups is 1. The van der Waals surface area contributed by atoms with Crippen molar-refractivity contribution < 1.29 is 14.6 Å². The summed E-state index contributed by atoms with van der Waals surface area (Å²) in [5.41, 5.74) is 2.98. The molecule has 0 aliphatic heterocycles. The maximum atomic E-state index is 10.6. The van der Waals surface area contributed by atoms with Gasteiger partial charge in [-0.3, -0.25) is 4.79 Å². The van der Waals surface area contributed by atoms with E-state index in [0.29, 0.717) is 19.6 Å². The highest BCUT2D eigenvalue weighted by atomic mass is 16.5. The van der Waals surface area contributed by atoms with Crippen molar-refractivity contribution in [1.29, 1.82) is 0 Å². The molecule has 23 heavy (non-hydrogen) atoms. The van der Waals surface area contributed by atoms with E-state index in [2.05, 4.69) is 29.4 Å². The molecule has 1 N–H and O–H groups in total. The minimum atomic E-state index is -0.818. The Morgan fingerprint density at radius 2 is 2.04 bits per heavy atom. The van der Waals surface area contributed by atoms with E-state index in [1.54, 1.807) is 4.68 Å². The van der Waals surface area contributed by atoms with Crippen LogP contribution in [0, 0.1) is 6.92 Å². The van der Waals surface area contributed by atoms with Gasteiger partial charge in [0.1, 0.15) is 5.75 Å². The number of carboxylic acids is 1. The predicted molar refractivity (Wildman–Crippen MR) is 86.6 cm³/mol. The number of carboxylic acid groups (broad SMARTS) is 1. The molecule has 0 bridgehead atoms. The zero-order valence-electron chi connectivity index (χ0n) is 13.7.